The Morgan fingerprint density at radius 3 is 2.53 bits per heavy atom. The average molecular weight is 302 g/mol. The maximum absolute atomic E-state index is 9.95. The second-order valence-corrected chi connectivity index (χ2v) is 8.98. The van der Waals surface area contributed by atoms with Gasteiger partial charge in [-0.05, 0) is 31.7 Å². The van der Waals surface area contributed by atoms with Gasteiger partial charge in [0.05, 0.1) is 0 Å². The van der Waals surface area contributed by atoms with E-state index < -0.39 is 0 Å². The Balaban J connectivity index is 1.61. The van der Waals surface area contributed by atoms with Crippen LogP contribution in [0.5, 0.6) is 0 Å². The Hall–Kier alpha value is 0.620. The molecule has 0 radical (unpaired) electrons. The third-order valence-electron chi connectivity index (χ3n) is 4.95. The van der Waals surface area contributed by atoms with Crippen LogP contribution >= 0.6 is 23.5 Å². The molecule has 1 N–H and O–H groups in total. The number of aliphatic hydroxyl groups is 1. The normalized spacial score (nSPS) is 35.2. The van der Waals surface area contributed by atoms with Crippen LogP contribution in [0.2, 0.25) is 0 Å². The molecule has 0 aromatic rings. The largest absolute Gasteiger partial charge is 0.396 e. The van der Waals surface area contributed by atoms with E-state index >= 15 is 0 Å². The van der Waals surface area contributed by atoms with Crippen LogP contribution in [0.15, 0.2) is 0 Å². The molecular weight excluding hydrogens is 274 g/mol. The Bertz CT molecular complexity index is 290. The Kier molecular flexibility index (Phi) is 5.05. The molecule has 1 unspecified atom stereocenters. The van der Waals surface area contributed by atoms with Crippen LogP contribution in [-0.4, -0.2) is 58.8 Å². The summed E-state index contributed by atoms with van der Waals surface area (Å²) < 4.78 is 0. The summed E-state index contributed by atoms with van der Waals surface area (Å²) in [6, 6.07) is 0.753. The van der Waals surface area contributed by atoms with Gasteiger partial charge >= 0.3 is 0 Å². The number of hydrogen-bond donors (Lipinski definition) is 1. The van der Waals surface area contributed by atoms with E-state index in [9.17, 15) is 5.11 Å². The zero-order chi connectivity index (χ0) is 13.1. The summed E-state index contributed by atoms with van der Waals surface area (Å²) in [5.41, 5.74) is 0.237. The summed E-state index contributed by atoms with van der Waals surface area (Å²) in [5, 5.41) is 9.95. The van der Waals surface area contributed by atoms with Gasteiger partial charge in [0.2, 0.25) is 0 Å². The Morgan fingerprint density at radius 2 is 1.89 bits per heavy atom. The monoisotopic (exact) mass is 301 g/mol. The first kappa shape index (κ1) is 14.6. The fourth-order valence-electron chi connectivity index (χ4n) is 3.67. The summed E-state index contributed by atoms with van der Waals surface area (Å²) in [6.07, 6.45) is 6.66. The van der Waals surface area contributed by atoms with E-state index in [1.165, 1.54) is 61.7 Å². The van der Waals surface area contributed by atoms with Gasteiger partial charge < -0.3 is 5.11 Å². The molecule has 0 amide bonds. The highest BCUT2D eigenvalue weighted by Gasteiger charge is 2.41. The van der Waals surface area contributed by atoms with Gasteiger partial charge in [-0.1, -0.05) is 12.8 Å². The number of thioether (sulfide) groups is 2. The number of likely N-dealkylation sites (tertiary alicyclic amines) is 1. The lowest BCUT2D eigenvalue weighted by atomic mass is 9.76. The molecular formula is C15H27NOS2. The highest BCUT2D eigenvalue weighted by Crippen LogP contribution is 2.45. The summed E-state index contributed by atoms with van der Waals surface area (Å²) in [4.78, 5) is 2.72. The van der Waals surface area contributed by atoms with Crippen LogP contribution in [0.1, 0.15) is 32.1 Å². The molecule has 3 rings (SSSR count). The third kappa shape index (κ3) is 3.84. The van der Waals surface area contributed by atoms with Crippen molar-refractivity contribution >= 4 is 23.5 Å². The fraction of sp³-hybridized carbons (Fsp3) is 1.00. The van der Waals surface area contributed by atoms with E-state index in [0.717, 1.165) is 18.5 Å². The standard InChI is InChI=1S/C15H27NOS2/c17-12-15(8-13-2-3-13)4-1-5-16(11-15)14-9-18-6-7-19-10-14/h13-14,17H,1-12H2. The molecule has 0 bridgehead atoms. The van der Waals surface area contributed by atoms with Gasteiger partial charge in [-0.15, -0.1) is 0 Å². The predicted molar refractivity (Wildman–Crippen MR) is 86.1 cm³/mol. The summed E-state index contributed by atoms with van der Waals surface area (Å²) >= 11 is 4.25. The molecule has 110 valence electrons. The number of piperidine rings is 1. The molecule has 1 atom stereocenters. The van der Waals surface area contributed by atoms with Crippen molar-refractivity contribution in [3.05, 3.63) is 0 Å². The van der Waals surface area contributed by atoms with E-state index in [-0.39, 0.29) is 5.41 Å². The van der Waals surface area contributed by atoms with Crippen LogP contribution in [0.4, 0.5) is 0 Å². The van der Waals surface area contributed by atoms with Gasteiger partial charge in [0, 0.05) is 47.6 Å². The van der Waals surface area contributed by atoms with Crippen LogP contribution in [-0.2, 0) is 0 Å². The van der Waals surface area contributed by atoms with E-state index in [1.54, 1.807) is 0 Å². The molecule has 3 aliphatic rings. The zero-order valence-corrected chi connectivity index (χ0v) is 13.5. The van der Waals surface area contributed by atoms with Crippen LogP contribution in [0, 0.1) is 11.3 Å². The first-order chi connectivity index (χ1) is 9.31. The molecule has 0 aromatic heterocycles. The van der Waals surface area contributed by atoms with Crippen molar-refractivity contribution in [2.24, 2.45) is 11.3 Å². The lowest BCUT2D eigenvalue weighted by Gasteiger charge is -2.45. The molecule has 2 nitrogen and oxygen atoms in total. The Morgan fingerprint density at radius 1 is 1.16 bits per heavy atom. The van der Waals surface area contributed by atoms with Crippen LogP contribution < -0.4 is 0 Å². The third-order valence-corrected chi connectivity index (χ3v) is 7.44. The molecule has 2 saturated heterocycles. The highest BCUT2D eigenvalue weighted by atomic mass is 32.2. The van der Waals surface area contributed by atoms with Crippen molar-refractivity contribution in [1.82, 2.24) is 4.90 Å². The molecule has 0 aromatic carbocycles. The lowest BCUT2D eigenvalue weighted by Crippen LogP contribution is -2.51. The van der Waals surface area contributed by atoms with Gasteiger partial charge in [-0.3, -0.25) is 4.90 Å². The minimum Gasteiger partial charge on any atom is -0.396 e. The van der Waals surface area contributed by atoms with Gasteiger partial charge in [-0.25, -0.2) is 0 Å². The minimum atomic E-state index is 0.237. The second kappa shape index (κ2) is 6.59. The lowest BCUT2D eigenvalue weighted by molar-refractivity contribution is 0.0105. The summed E-state index contributed by atoms with van der Waals surface area (Å²) in [5.74, 6) is 6.19. The number of nitrogens with zero attached hydrogens (tertiary/aromatic N) is 1. The van der Waals surface area contributed by atoms with Crippen molar-refractivity contribution in [3.8, 4) is 0 Å². The summed E-state index contributed by atoms with van der Waals surface area (Å²) in [6.45, 7) is 2.83. The van der Waals surface area contributed by atoms with E-state index in [1.807, 2.05) is 0 Å². The first-order valence-electron chi connectivity index (χ1n) is 7.82. The highest BCUT2D eigenvalue weighted by molar-refractivity contribution is 8.03. The topological polar surface area (TPSA) is 23.5 Å². The maximum atomic E-state index is 9.95. The number of aliphatic hydroxyl groups excluding tert-OH is 1. The molecule has 4 heteroatoms. The second-order valence-electron chi connectivity index (χ2n) is 6.68. The van der Waals surface area contributed by atoms with Gasteiger partial charge in [0.15, 0.2) is 0 Å². The molecule has 0 spiro atoms. The minimum absolute atomic E-state index is 0.237. The molecule has 3 fully saturated rings. The molecule has 2 aliphatic heterocycles. The first-order valence-corrected chi connectivity index (χ1v) is 10.1. The summed E-state index contributed by atoms with van der Waals surface area (Å²) in [7, 11) is 0. The number of hydrogen-bond acceptors (Lipinski definition) is 4. The SMILES string of the molecule is OCC1(CC2CC2)CCCN(C2CSCCSC2)C1. The maximum Gasteiger partial charge on any atom is 0.0499 e. The van der Waals surface area contributed by atoms with E-state index in [0.29, 0.717) is 6.61 Å². The molecule has 2 heterocycles. The predicted octanol–water partition coefficient (Wildman–Crippen LogP) is 2.71. The zero-order valence-electron chi connectivity index (χ0n) is 11.9. The van der Waals surface area contributed by atoms with Crippen molar-refractivity contribution in [3.63, 3.8) is 0 Å². The van der Waals surface area contributed by atoms with Crippen molar-refractivity contribution in [2.75, 3.05) is 42.7 Å². The van der Waals surface area contributed by atoms with E-state index in [4.69, 9.17) is 0 Å². The fourth-order valence-corrected chi connectivity index (χ4v) is 6.29. The van der Waals surface area contributed by atoms with Crippen LogP contribution in [0.25, 0.3) is 0 Å². The average Bonchev–Trinajstić information content (AvgIpc) is 3.25. The Labute approximate surface area is 126 Å². The quantitative estimate of drug-likeness (QED) is 0.862. The van der Waals surface area contributed by atoms with Crippen molar-refractivity contribution < 1.29 is 5.11 Å². The van der Waals surface area contributed by atoms with Crippen LogP contribution in [0.3, 0.4) is 0 Å². The molecule has 19 heavy (non-hydrogen) atoms. The van der Waals surface area contributed by atoms with Crippen molar-refractivity contribution in [1.29, 1.82) is 0 Å². The molecule has 1 saturated carbocycles. The van der Waals surface area contributed by atoms with Crippen molar-refractivity contribution in [2.45, 2.75) is 38.1 Å². The molecule has 1 aliphatic carbocycles. The smallest absolute Gasteiger partial charge is 0.0499 e. The van der Waals surface area contributed by atoms with Gasteiger partial charge in [-0.2, -0.15) is 23.5 Å². The van der Waals surface area contributed by atoms with E-state index in [2.05, 4.69) is 28.4 Å². The number of rotatable bonds is 4. The van der Waals surface area contributed by atoms with Gasteiger partial charge in [0.25, 0.3) is 0 Å². The van der Waals surface area contributed by atoms with Gasteiger partial charge in [0.1, 0.15) is 0 Å².